The predicted molar refractivity (Wildman–Crippen MR) is 68.0 cm³/mol. The summed E-state index contributed by atoms with van der Waals surface area (Å²) in [5, 5.41) is 2.92. The minimum absolute atomic E-state index is 0.0184. The summed E-state index contributed by atoms with van der Waals surface area (Å²) in [4.78, 5) is 24.8. The fourth-order valence-corrected chi connectivity index (χ4v) is 2.67. The van der Waals surface area contributed by atoms with Crippen molar-refractivity contribution in [2.75, 3.05) is 12.4 Å². The van der Waals surface area contributed by atoms with Gasteiger partial charge in [0.1, 0.15) is 5.88 Å². The van der Waals surface area contributed by atoms with Gasteiger partial charge in [-0.3, -0.25) is 9.59 Å². The molecule has 0 aliphatic heterocycles. The Morgan fingerprint density at radius 2 is 2.00 bits per heavy atom. The zero-order chi connectivity index (χ0) is 12.8. The molecule has 17 heavy (non-hydrogen) atoms. The summed E-state index contributed by atoms with van der Waals surface area (Å²) < 4.78 is 0. The lowest BCUT2D eigenvalue weighted by atomic mass is 9.89. The van der Waals surface area contributed by atoms with Crippen LogP contribution in [-0.4, -0.2) is 41.2 Å². The third kappa shape index (κ3) is 3.87. The van der Waals surface area contributed by atoms with Gasteiger partial charge in [0, 0.05) is 19.5 Å². The smallest absolute Gasteiger partial charge is 0.235 e. The van der Waals surface area contributed by atoms with Crippen LogP contribution in [0.2, 0.25) is 0 Å². The summed E-state index contributed by atoms with van der Waals surface area (Å²) in [6.07, 6.45) is 4.10. The van der Waals surface area contributed by atoms with E-state index in [0.29, 0.717) is 6.54 Å². The van der Waals surface area contributed by atoms with Crippen molar-refractivity contribution < 1.29 is 9.59 Å². The van der Waals surface area contributed by atoms with Crippen LogP contribution in [0.1, 0.15) is 39.5 Å². The van der Waals surface area contributed by atoms with Gasteiger partial charge in [-0.05, 0) is 19.8 Å². The zero-order valence-corrected chi connectivity index (χ0v) is 11.3. The predicted octanol–water partition coefficient (Wildman–Crippen LogP) is 1.52. The number of amides is 2. The molecular formula is C12H21ClN2O2. The molecule has 0 aromatic carbocycles. The van der Waals surface area contributed by atoms with E-state index in [0.717, 1.165) is 25.7 Å². The van der Waals surface area contributed by atoms with Crippen LogP contribution in [0, 0.1) is 0 Å². The van der Waals surface area contributed by atoms with Crippen LogP contribution >= 0.6 is 11.6 Å². The number of halogens is 1. The standard InChI is InChI=1S/C12H21ClN2O2/c1-3-15(9(2)16)11-7-5-4-6-10(11)14-12(17)8-13/h10-11H,3-8H2,1-2H3,(H,14,17). The van der Waals surface area contributed by atoms with Crippen molar-refractivity contribution in [1.82, 2.24) is 10.2 Å². The molecule has 1 N–H and O–H groups in total. The Labute approximate surface area is 108 Å². The maximum Gasteiger partial charge on any atom is 0.235 e. The maximum atomic E-state index is 11.6. The van der Waals surface area contributed by atoms with E-state index >= 15 is 0 Å². The number of likely N-dealkylation sites (N-methyl/N-ethyl adjacent to an activating group) is 1. The Morgan fingerprint density at radius 1 is 1.35 bits per heavy atom. The topological polar surface area (TPSA) is 49.4 Å². The Kier molecular flexibility index (Phi) is 5.75. The Morgan fingerprint density at radius 3 is 2.53 bits per heavy atom. The molecule has 1 rings (SSSR count). The second kappa shape index (κ2) is 6.84. The quantitative estimate of drug-likeness (QED) is 0.780. The van der Waals surface area contributed by atoms with Gasteiger partial charge in [0.25, 0.3) is 0 Å². The number of carbonyl (C=O) groups is 2. The molecule has 1 aliphatic rings. The normalized spacial score (nSPS) is 24.2. The van der Waals surface area contributed by atoms with Crippen LogP contribution in [0.15, 0.2) is 0 Å². The fraction of sp³-hybridized carbons (Fsp3) is 0.833. The van der Waals surface area contributed by atoms with Gasteiger partial charge in [-0.25, -0.2) is 0 Å². The van der Waals surface area contributed by atoms with Crippen LogP contribution in [-0.2, 0) is 9.59 Å². The van der Waals surface area contributed by atoms with Gasteiger partial charge < -0.3 is 10.2 Å². The number of carbonyl (C=O) groups excluding carboxylic acids is 2. The van der Waals surface area contributed by atoms with Crippen LogP contribution in [0.4, 0.5) is 0 Å². The van der Waals surface area contributed by atoms with Gasteiger partial charge in [0.2, 0.25) is 11.8 Å². The van der Waals surface area contributed by atoms with E-state index in [4.69, 9.17) is 11.6 Å². The van der Waals surface area contributed by atoms with Crippen molar-refractivity contribution in [2.45, 2.75) is 51.6 Å². The van der Waals surface area contributed by atoms with Crippen LogP contribution in [0.25, 0.3) is 0 Å². The summed E-state index contributed by atoms with van der Waals surface area (Å²) in [6.45, 7) is 4.24. The second-order valence-corrected chi connectivity index (χ2v) is 4.73. The van der Waals surface area contributed by atoms with Gasteiger partial charge in [0.05, 0.1) is 6.04 Å². The molecule has 1 aliphatic carbocycles. The molecule has 1 fully saturated rings. The van der Waals surface area contributed by atoms with Crippen molar-refractivity contribution in [2.24, 2.45) is 0 Å². The van der Waals surface area contributed by atoms with Crippen LogP contribution in [0.3, 0.4) is 0 Å². The number of hydrogen-bond acceptors (Lipinski definition) is 2. The van der Waals surface area contributed by atoms with E-state index in [-0.39, 0.29) is 29.8 Å². The van der Waals surface area contributed by atoms with E-state index in [2.05, 4.69) is 5.32 Å². The number of alkyl halides is 1. The molecule has 0 aromatic heterocycles. The van der Waals surface area contributed by atoms with E-state index in [9.17, 15) is 9.59 Å². The van der Waals surface area contributed by atoms with Crippen molar-refractivity contribution in [3.63, 3.8) is 0 Å². The number of nitrogens with zero attached hydrogens (tertiary/aromatic N) is 1. The minimum Gasteiger partial charge on any atom is -0.350 e. The monoisotopic (exact) mass is 260 g/mol. The fourth-order valence-electron chi connectivity index (χ4n) is 2.59. The highest BCUT2D eigenvalue weighted by Gasteiger charge is 2.31. The molecule has 2 atom stereocenters. The molecular weight excluding hydrogens is 240 g/mol. The largest absolute Gasteiger partial charge is 0.350 e. The summed E-state index contributed by atoms with van der Waals surface area (Å²) in [6, 6.07) is 0.178. The molecule has 2 amide bonds. The maximum absolute atomic E-state index is 11.6. The number of nitrogens with one attached hydrogen (secondary N) is 1. The molecule has 0 aromatic rings. The first-order valence-electron chi connectivity index (χ1n) is 6.22. The van der Waals surface area contributed by atoms with E-state index in [1.807, 2.05) is 11.8 Å². The molecule has 1 saturated carbocycles. The molecule has 5 heteroatoms. The Hall–Kier alpha value is -0.770. The highest BCUT2D eigenvalue weighted by atomic mass is 35.5. The molecule has 0 bridgehead atoms. The second-order valence-electron chi connectivity index (χ2n) is 4.46. The molecule has 0 heterocycles. The summed E-state index contributed by atoms with van der Waals surface area (Å²) in [5.41, 5.74) is 0. The van der Waals surface area contributed by atoms with Gasteiger partial charge in [-0.15, -0.1) is 11.6 Å². The molecule has 0 spiro atoms. The van der Waals surface area contributed by atoms with Crippen molar-refractivity contribution in [3.8, 4) is 0 Å². The summed E-state index contributed by atoms with van der Waals surface area (Å²) in [5.74, 6) is -0.0946. The van der Waals surface area contributed by atoms with Gasteiger partial charge in [-0.2, -0.15) is 0 Å². The van der Waals surface area contributed by atoms with Gasteiger partial charge >= 0.3 is 0 Å². The first-order valence-corrected chi connectivity index (χ1v) is 6.76. The Balaban J connectivity index is 2.70. The van der Waals surface area contributed by atoms with E-state index in [1.165, 1.54) is 0 Å². The summed E-state index contributed by atoms with van der Waals surface area (Å²) >= 11 is 5.50. The van der Waals surface area contributed by atoms with Crippen LogP contribution < -0.4 is 5.32 Å². The molecule has 4 nitrogen and oxygen atoms in total. The lowest BCUT2D eigenvalue weighted by molar-refractivity contribution is -0.133. The molecule has 98 valence electrons. The lowest BCUT2D eigenvalue weighted by Gasteiger charge is -2.39. The number of hydrogen-bond donors (Lipinski definition) is 1. The van der Waals surface area contributed by atoms with E-state index in [1.54, 1.807) is 6.92 Å². The zero-order valence-electron chi connectivity index (χ0n) is 10.5. The van der Waals surface area contributed by atoms with Gasteiger partial charge in [-0.1, -0.05) is 12.8 Å². The highest BCUT2D eigenvalue weighted by Crippen LogP contribution is 2.23. The highest BCUT2D eigenvalue weighted by molar-refractivity contribution is 6.27. The molecule has 0 radical (unpaired) electrons. The third-order valence-electron chi connectivity index (χ3n) is 3.34. The third-order valence-corrected chi connectivity index (χ3v) is 3.59. The Bertz CT molecular complexity index is 284. The van der Waals surface area contributed by atoms with Crippen molar-refractivity contribution >= 4 is 23.4 Å². The lowest BCUT2D eigenvalue weighted by Crippen LogP contribution is -2.54. The molecule has 2 unspecified atom stereocenters. The first-order chi connectivity index (χ1) is 8.10. The SMILES string of the molecule is CCN(C(C)=O)C1CCCCC1NC(=O)CCl. The average molecular weight is 261 g/mol. The number of rotatable bonds is 4. The van der Waals surface area contributed by atoms with Gasteiger partial charge in [0.15, 0.2) is 0 Å². The van der Waals surface area contributed by atoms with Crippen LogP contribution in [0.5, 0.6) is 0 Å². The average Bonchev–Trinajstić information content (AvgIpc) is 2.31. The molecule has 0 saturated heterocycles. The van der Waals surface area contributed by atoms with Crippen molar-refractivity contribution in [3.05, 3.63) is 0 Å². The summed E-state index contributed by atoms with van der Waals surface area (Å²) in [7, 11) is 0. The van der Waals surface area contributed by atoms with E-state index < -0.39 is 0 Å². The van der Waals surface area contributed by atoms with Crippen molar-refractivity contribution in [1.29, 1.82) is 0 Å². The first kappa shape index (κ1) is 14.3. The minimum atomic E-state index is -0.150.